The third kappa shape index (κ3) is 5.28. The number of anilines is 1. The van der Waals surface area contributed by atoms with E-state index in [0.29, 0.717) is 41.7 Å². The number of methoxy groups -OCH3 is 1. The number of hydrogen-bond donors (Lipinski definition) is 1. The minimum Gasteiger partial charge on any atom is -0.493 e. The first-order valence-electron chi connectivity index (χ1n) is 9.16. The highest BCUT2D eigenvalue weighted by molar-refractivity contribution is 5.94. The van der Waals surface area contributed by atoms with Gasteiger partial charge in [0.15, 0.2) is 18.1 Å². The number of ether oxygens (including phenoxy) is 4. The predicted octanol–water partition coefficient (Wildman–Crippen LogP) is 3.28. The van der Waals surface area contributed by atoms with Gasteiger partial charge in [0.1, 0.15) is 13.2 Å². The van der Waals surface area contributed by atoms with Crippen molar-refractivity contribution in [3.8, 4) is 17.2 Å². The molecule has 0 aliphatic carbocycles. The molecular formula is C22H23NO6. The van der Waals surface area contributed by atoms with Crippen molar-refractivity contribution in [3.63, 3.8) is 0 Å². The smallest absolute Gasteiger partial charge is 0.331 e. The maximum Gasteiger partial charge on any atom is 0.331 e. The summed E-state index contributed by atoms with van der Waals surface area (Å²) in [4.78, 5) is 23.9. The molecular weight excluding hydrogens is 374 g/mol. The first kappa shape index (κ1) is 20.3. The van der Waals surface area contributed by atoms with Crippen molar-refractivity contribution in [2.45, 2.75) is 13.8 Å². The summed E-state index contributed by atoms with van der Waals surface area (Å²) >= 11 is 0. The predicted molar refractivity (Wildman–Crippen MR) is 109 cm³/mol. The molecule has 152 valence electrons. The second-order valence-electron chi connectivity index (χ2n) is 6.54. The highest BCUT2D eigenvalue weighted by atomic mass is 16.6. The number of hydrogen-bond acceptors (Lipinski definition) is 6. The molecule has 0 bridgehead atoms. The van der Waals surface area contributed by atoms with Crippen LogP contribution in [0.2, 0.25) is 0 Å². The molecule has 0 radical (unpaired) electrons. The Bertz CT molecular complexity index is 933. The van der Waals surface area contributed by atoms with Crippen LogP contribution in [0.5, 0.6) is 17.2 Å². The fourth-order valence-electron chi connectivity index (χ4n) is 2.75. The fraction of sp³-hybridized carbons (Fsp3) is 0.273. The van der Waals surface area contributed by atoms with E-state index in [1.165, 1.54) is 13.2 Å². The van der Waals surface area contributed by atoms with E-state index in [1.807, 2.05) is 26.0 Å². The Kier molecular flexibility index (Phi) is 6.39. The van der Waals surface area contributed by atoms with E-state index < -0.39 is 11.9 Å². The van der Waals surface area contributed by atoms with Crippen LogP contribution in [0.4, 0.5) is 5.69 Å². The zero-order valence-corrected chi connectivity index (χ0v) is 16.6. The first-order valence-corrected chi connectivity index (χ1v) is 9.16. The van der Waals surface area contributed by atoms with Crippen LogP contribution in [0.25, 0.3) is 6.08 Å². The number of nitrogens with one attached hydrogen (secondary N) is 1. The molecule has 1 aliphatic heterocycles. The van der Waals surface area contributed by atoms with Crippen LogP contribution in [-0.4, -0.2) is 38.8 Å². The number of rotatable bonds is 6. The zero-order valence-electron chi connectivity index (χ0n) is 16.6. The van der Waals surface area contributed by atoms with Gasteiger partial charge >= 0.3 is 5.97 Å². The van der Waals surface area contributed by atoms with Crippen molar-refractivity contribution in [3.05, 3.63) is 53.1 Å². The highest BCUT2D eigenvalue weighted by Crippen LogP contribution is 2.40. The van der Waals surface area contributed by atoms with E-state index in [9.17, 15) is 9.59 Å². The van der Waals surface area contributed by atoms with Gasteiger partial charge in [-0.3, -0.25) is 4.79 Å². The standard InChI is InChI=1S/C22H23NO6/c1-14-4-6-17(10-15(14)2)23-20(24)13-29-21(25)7-5-16-11-18(26-3)22-19(12-16)27-8-9-28-22/h4-7,10-12H,8-9,13H2,1-3H3,(H,23,24)/b7-5+. The van der Waals surface area contributed by atoms with Gasteiger partial charge in [-0.2, -0.15) is 0 Å². The van der Waals surface area contributed by atoms with Crippen molar-refractivity contribution >= 4 is 23.6 Å². The maximum absolute atomic E-state index is 12.0. The first-order chi connectivity index (χ1) is 14.0. The number of esters is 1. The van der Waals surface area contributed by atoms with Gasteiger partial charge < -0.3 is 24.3 Å². The van der Waals surface area contributed by atoms with Gasteiger partial charge in [0.2, 0.25) is 5.75 Å². The third-order valence-corrected chi connectivity index (χ3v) is 4.40. The molecule has 1 heterocycles. The third-order valence-electron chi connectivity index (χ3n) is 4.40. The molecule has 0 fully saturated rings. The lowest BCUT2D eigenvalue weighted by Crippen LogP contribution is -2.20. The lowest BCUT2D eigenvalue weighted by Gasteiger charge is -2.20. The molecule has 1 amide bonds. The van der Waals surface area contributed by atoms with Gasteiger partial charge in [-0.05, 0) is 60.9 Å². The molecule has 0 saturated heterocycles. The summed E-state index contributed by atoms with van der Waals surface area (Å²) in [5.41, 5.74) is 3.55. The summed E-state index contributed by atoms with van der Waals surface area (Å²) in [7, 11) is 1.53. The van der Waals surface area contributed by atoms with Crippen LogP contribution in [-0.2, 0) is 14.3 Å². The van der Waals surface area contributed by atoms with E-state index in [4.69, 9.17) is 18.9 Å². The molecule has 0 unspecified atom stereocenters. The second kappa shape index (κ2) is 9.14. The summed E-state index contributed by atoms with van der Waals surface area (Å²) in [5, 5.41) is 2.70. The normalized spacial score (nSPS) is 12.5. The summed E-state index contributed by atoms with van der Waals surface area (Å²) in [6.07, 6.45) is 2.80. The van der Waals surface area contributed by atoms with Crippen molar-refractivity contribution in [2.75, 3.05) is 32.2 Å². The summed E-state index contributed by atoms with van der Waals surface area (Å²) in [6, 6.07) is 9.06. The van der Waals surface area contributed by atoms with E-state index in [1.54, 1.807) is 24.3 Å². The van der Waals surface area contributed by atoms with Crippen molar-refractivity contribution in [1.29, 1.82) is 0 Å². The Morgan fingerprint density at radius 3 is 2.66 bits per heavy atom. The molecule has 0 spiro atoms. The van der Waals surface area contributed by atoms with Gasteiger partial charge in [0.25, 0.3) is 5.91 Å². The lowest BCUT2D eigenvalue weighted by atomic mass is 10.1. The highest BCUT2D eigenvalue weighted by Gasteiger charge is 2.18. The van der Waals surface area contributed by atoms with Crippen molar-refractivity contribution < 1.29 is 28.5 Å². The fourth-order valence-corrected chi connectivity index (χ4v) is 2.75. The van der Waals surface area contributed by atoms with Gasteiger partial charge in [0.05, 0.1) is 7.11 Å². The van der Waals surface area contributed by atoms with Gasteiger partial charge in [-0.15, -0.1) is 0 Å². The topological polar surface area (TPSA) is 83.1 Å². The quantitative estimate of drug-likeness (QED) is 0.595. The molecule has 0 aromatic heterocycles. The Morgan fingerprint density at radius 1 is 1.10 bits per heavy atom. The van der Waals surface area contributed by atoms with Gasteiger partial charge in [0, 0.05) is 11.8 Å². The summed E-state index contributed by atoms with van der Waals surface area (Å²) in [5.74, 6) is 0.575. The van der Waals surface area contributed by atoms with Crippen molar-refractivity contribution in [2.24, 2.45) is 0 Å². The number of amides is 1. The number of carbonyl (C=O) groups is 2. The molecule has 7 nitrogen and oxygen atoms in total. The molecule has 2 aromatic rings. The molecule has 0 saturated carbocycles. The van der Waals surface area contributed by atoms with E-state index in [-0.39, 0.29) is 6.61 Å². The maximum atomic E-state index is 12.0. The zero-order chi connectivity index (χ0) is 20.8. The number of aryl methyl sites for hydroxylation is 2. The van der Waals surface area contributed by atoms with Gasteiger partial charge in [-0.25, -0.2) is 4.79 Å². The van der Waals surface area contributed by atoms with Crippen molar-refractivity contribution in [1.82, 2.24) is 0 Å². The molecule has 7 heteroatoms. The summed E-state index contributed by atoms with van der Waals surface area (Å²) < 4.78 is 21.4. The molecule has 1 N–H and O–H groups in total. The van der Waals surface area contributed by atoms with E-state index >= 15 is 0 Å². The van der Waals surface area contributed by atoms with E-state index in [0.717, 1.165) is 11.1 Å². The average Bonchev–Trinajstić information content (AvgIpc) is 2.72. The van der Waals surface area contributed by atoms with Crippen LogP contribution in [0, 0.1) is 13.8 Å². The molecule has 2 aromatic carbocycles. The van der Waals surface area contributed by atoms with Crippen LogP contribution in [0.15, 0.2) is 36.4 Å². The van der Waals surface area contributed by atoms with Gasteiger partial charge in [-0.1, -0.05) is 6.07 Å². The lowest BCUT2D eigenvalue weighted by molar-refractivity contribution is -0.142. The van der Waals surface area contributed by atoms with Crippen LogP contribution >= 0.6 is 0 Å². The number of fused-ring (bicyclic) bond motifs is 1. The molecule has 3 rings (SSSR count). The Morgan fingerprint density at radius 2 is 1.90 bits per heavy atom. The number of benzene rings is 2. The minimum atomic E-state index is -0.630. The molecule has 0 atom stereocenters. The Hall–Kier alpha value is -3.48. The SMILES string of the molecule is COc1cc(/C=C/C(=O)OCC(=O)Nc2ccc(C)c(C)c2)cc2c1OCCO2. The molecule has 29 heavy (non-hydrogen) atoms. The Balaban J connectivity index is 1.55. The number of carbonyl (C=O) groups excluding carboxylic acids is 2. The van der Waals surface area contributed by atoms with E-state index in [2.05, 4.69) is 5.32 Å². The Labute approximate surface area is 169 Å². The van der Waals surface area contributed by atoms with Crippen LogP contribution in [0.3, 0.4) is 0 Å². The average molecular weight is 397 g/mol. The summed E-state index contributed by atoms with van der Waals surface area (Å²) in [6.45, 7) is 4.48. The van der Waals surface area contributed by atoms with Crippen LogP contribution < -0.4 is 19.5 Å². The monoisotopic (exact) mass is 397 g/mol. The second-order valence-corrected chi connectivity index (χ2v) is 6.54. The molecule has 1 aliphatic rings. The van der Waals surface area contributed by atoms with Crippen LogP contribution in [0.1, 0.15) is 16.7 Å². The minimum absolute atomic E-state index is 0.374. The largest absolute Gasteiger partial charge is 0.493 e.